The molecule has 0 radical (unpaired) electrons. The Morgan fingerprint density at radius 1 is 1.23 bits per heavy atom. The van der Waals surface area contributed by atoms with E-state index in [2.05, 4.69) is 38.0 Å². The molecule has 1 aliphatic heterocycles. The van der Waals surface area contributed by atoms with Crippen molar-refractivity contribution in [1.82, 2.24) is 5.32 Å². The number of rotatable bonds is 1. The number of isocyanates is 1. The van der Waals surface area contributed by atoms with Gasteiger partial charge in [-0.1, -0.05) is 0 Å². The average molecular weight is 182 g/mol. The fraction of sp³-hybridized carbons (Fsp3) is 0.900. The molecule has 0 atom stereocenters. The maximum Gasteiger partial charge on any atom is 0.235 e. The molecule has 1 rings (SSSR count). The molecule has 0 aromatic heterocycles. The van der Waals surface area contributed by atoms with Crippen LogP contribution in [-0.2, 0) is 4.79 Å². The lowest BCUT2D eigenvalue weighted by Crippen LogP contribution is -2.58. The number of hydrogen-bond donors (Lipinski definition) is 1. The normalized spacial score (nSPS) is 26.5. The van der Waals surface area contributed by atoms with Gasteiger partial charge in [0.2, 0.25) is 6.08 Å². The zero-order valence-electron chi connectivity index (χ0n) is 8.85. The third-order valence-electron chi connectivity index (χ3n) is 2.40. The van der Waals surface area contributed by atoms with E-state index >= 15 is 0 Å². The summed E-state index contributed by atoms with van der Waals surface area (Å²) in [5.41, 5.74) is 0.125. The van der Waals surface area contributed by atoms with Crippen LogP contribution in [0, 0.1) is 0 Å². The van der Waals surface area contributed by atoms with Crippen LogP contribution in [0.3, 0.4) is 0 Å². The predicted molar refractivity (Wildman–Crippen MR) is 52.4 cm³/mol. The van der Waals surface area contributed by atoms with Gasteiger partial charge in [-0.05, 0) is 40.5 Å². The van der Waals surface area contributed by atoms with E-state index in [9.17, 15) is 4.79 Å². The van der Waals surface area contributed by atoms with E-state index in [1.807, 2.05) is 0 Å². The van der Waals surface area contributed by atoms with Crippen LogP contribution >= 0.6 is 0 Å². The zero-order chi connectivity index (χ0) is 10.1. The second-order valence-corrected chi connectivity index (χ2v) is 5.18. The summed E-state index contributed by atoms with van der Waals surface area (Å²) in [5, 5.41) is 3.53. The third-order valence-corrected chi connectivity index (χ3v) is 2.40. The molecule has 1 heterocycles. The molecule has 0 saturated carbocycles. The molecule has 0 aromatic carbocycles. The average Bonchev–Trinajstić information content (AvgIpc) is 1.78. The van der Waals surface area contributed by atoms with Crippen LogP contribution in [0.2, 0.25) is 0 Å². The van der Waals surface area contributed by atoms with Gasteiger partial charge in [0.25, 0.3) is 0 Å². The van der Waals surface area contributed by atoms with Gasteiger partial charge < -0.3 is 5.32 Å². The molecule has 1 saturated heterocycles. The molecule has 1 N–H and O–H groups in total. The van der Waals surface area contributed by atoms with E-state index in [1.165, 1.54) is 0 Å². The molecular formula is C10H18N2O. The second-order valence-electron chi connectivity index (χ2n) is 5.18. The summed E-state index contributed by atoms with van der Waals surface area (Å²) in [4.78, 5) is 14.0. The molecule has 0 bridgehead atoms. The summed E-state index contributed by atoms with van der Waals surface area (Å²) < 4.78 is 0. The fourth-order valence-electron chi connectivity index (χ4n) is 2.43. The Morgan fingerprint density at radius 2 is 1.69 bits per heavy atom. The molecule has 3 nitrogen and oxygen atoms in total. The second kappa shape index (κ2) is 3.24. The van der Waals surface area contributed by atoms with Gasteiger partial charge >= 0.3 is 0 Å². The van der Waals surface area contributed by atoms with Crippen molar-refractivity contribution in [2.45, 2.75) is 57.7 Å². The number of carbonyl (C=O) groups excluding carboxylic acids is 1. The first-order chi connectivity index (χ1) is 5.85. The smallest absolute Gasteiger partial charge is 0.235 e. The fourth-order valence-corrected chi connectivity index (χ4v) is 2.43. The Kier molecular flexibility index (Phi) is 2.60. The first-order valence-corrected chi connectivity index (χ1v) is 4.71. The van der Waals surface area contributed by atoms with E-state index in [4.69, 9.17) is 0 Å². The van der Waals surface area contributed by atoms with Gasteiger partial charge in [-0.3, -0.25) is 0 Å². The van der Waals surface area contributed by atoms with E-state index in [1.54, 1.807) is 6.08 Å². The number of aliphatic imine (C=N–C) groups is 1. The summed E-state index contributed by atoms with van der Waals surface area (Å²) in [5.74, 6) is 0. The van der Waals surface area contributed by atoms with Gasteiger partial charge in [-0.25, -0.2) is 9.79 Å². The SMILES string of the molecule is CC1(C)CC(N=C=O)CC(C)(C)N1. The lowest BCUT2D eigenvalue weighted by molar-refractivity contribution is 0.164. The van der Waals surface area contributed by atoms with Crippen LogP contribution in [0.5, 0.6) is 0 Å². The van der Waals surface area contributed by atoms with Crippen LogP contribution < -0.4 is 5.32 Å². The number of hydrogen-bond acceptors (Lipinski definition) is 3. The van der Waals surface area contributed by atoms with Gasteiger partial charge in [-0.2, -0.15) is 0 Å². The minimum Gasteiger partial charge on any atom is -0.307 e. The predicted octanol–water partition coefficient (Wildman–Crippen LogP) is 1.63. The van der Waals surface area contributed by atoms with E-state index < -0.39 is 0 Å². The molecule has 3 heteroatoms. The van der Waals surface area contributed by atoms with Crippen molar-refractivity contribution in [2.75, 3.05) is 0 Å². The number of nitrogens with zero attached hydrogens (tertiary/aromatic N) is 1. The highest BCUT2D eigenvalue weighted by atomic mass is 16.1. The minimum atomic E-state index is 0.0623. The molecule has 1 fully saturated rings. The molecule has 0 unspecified atom stereocenters. The monoisotopic (exact) mass is 182 g/mol. The van der Waals surface area contributed by atoms with Gasteiger partial charge in [0, 0.05) is 11.1 Å². The highest BCUT2D eigenvalue weighted by molar-refractivity contribution is 5.34. The Bertz CT molecular complexity index is 223. The topological polar surface area (TPSA) is 41.5 Å². The molecule has 0 aliphatic carbocycles. The van der Waals surface area contributed by atoms with E-state index in [0.717, 1.165) is 12.8 Å². The van der Waals surface area contributed by atoms with Gasteiger partial charge in [0.1, 0.15) is 0 Å². The van der Waals surface area contributed by atoms with Crippen molar-refractivity contribution < 1.29 is 4.79 Å². The highest BCUT2D eigenvalue weighted by Crippen LogP contribution is 2.29. The largest absolute Gasteiger partial charge is 0.307 e. The van der Waals surface area contributed by atoms with Gasteiger partial charge in [-0.15, -0.1) is 0 Å². The lowest BCUT2D eigenvalue weighted by atomic mass is 9.80. The number of piperidine rings is 1. The first-order valence-electron chi connectivity index (χ1n) is 4.71. The Balaban J connectivity index is 2.77. The molecule has 0 spiro atoms. The zero-order valence-corrected chi connectivity index (χ0v) is 8.85. The quantitative estimate of drug-likeness (QED) is 0.494. The summed E-state index contributed by atoms with van der Waals surface area (Å²) >= 11 is 0. The molecule has 1 aliphatic rings. The van der Waals surface area contributed by atoms with Crippen molar-refractivity contribution in [3.63, 3.8) is 0 Å². The van der Waals surface area contributed by atoms with Crippen LogP contribution in [0.1, 0.15) is 40.5 Å². The molecule has 13 heavy (non-hydrogen) atoms. The molecule has 0 amide bonds. The van der Waals surface area contributed by atoms with Gasteiger partial charge in [0.15, 0.2) is 0 Å². The van der Waals surface area contributed by atoms with E-state index in [-0.39, 0.29) is 17.1 Å². The number of nitrogens with one attached hydrogen (secondary N) is 1. The van der Waals surface area contributed by atoms with Crippen molar-refractivity contribution in [3.05, 3.63) is 0 Å². The van der Waals surface area contributed by atoms with E-state index in [0.29, 0.717) is 0 Å². The minimum absolute atomic E-state index is 0.0623. The summed E-state index contributed by atoms with van der Waals surface area (Å²) in [6.07, 6.45) is 3.48. The van der Waals surface area contributed by atoms with Crippen molar-refractivity contribution in [3.8, 4) is 0 Å². The maximum absolute atomic E-state index is 10.2. The van der Waals surface area contributed by atoms with Crippen LogP contribution in [0.4, 0.5) is 0 Å². The maximum atomic E-state index is 10.2. The molecule has 0 aromatic rings. The summed E-state index contributed by atoms with van der Waals surface area (Å²) in [6, 6.07) is 0.128. The van der Waals surface area contributed by atoms with Crippen molar-refractivity contribution in [1.29, 1.82) is 0 Å². The van der Waals surface area contributed by atoms with Gasteiger partial charge in [0.05, 0.1) is 6.04 Å². The molecule has 74 valence electrons. The third kappa shape index (κ3) is 2.94. The summed E-state index contributed by atoms with van der Waals surface area (Å²) in [6.45, 7) is 8.56. The Morgan fingerprint density at radius 3 is 2.08 bits per heavy atom. The standard InChI is InChI=1S/C10H18N2O/c1-9(2)5-8(11-7-13)6-10(3,4)12-9/h8,12H,5-6H2,1-4H3. The van der Waals surface area contributed by atoms with Crippen LogP contribution in [-0.4, -0.2) is 23.2 Å². The van der Waals surface area contributed by atoms with Crippen molar-refractivity contribution in [2.24, 2.45) is 4.99 Å². The van der Waals surface area contributed by atoms with Crippen molar-refractivity contribution >= 4 is 6.08 Å². The first kappa shape index (κ1) is 10.4. The lowest BCUT2D eigenvalue weighted by Gasteiger charge is -2.44. The Hall–Kier alpha value is -0.660. The summed E-state index contributed by atoms with van der Waals surface area (Å²) in [7, 11) is 0. The van der Waals surface area contributed by atoms with Crippen LogP contribution in [0.15, 0.2) is 4.99 Å². The highest BCUT2D eigenvalue weighted by Gasteiger charge is 2.37. The Labute approximate surface area is 79.6 Å². The van der Waals surface area contributed by atoms with Crippen LogP contribution in [0.25, 0.3) is 0 Å². The molecular weight excluding hydrogens is 164 g/mol.